The third kappa shape index (κ3) is 12.6. The average molecular weight is 368 g/mol. The highest BCUT2D eigenvalue weighted by atomic mass is 16.6. The summed E-state index contributed by atoms with van der Waals surface area (Å²) < 4.78 is 10.2. The number of amides is 1. The maximum absolute atomic E-state index is 12.0. The topological polar surface area (TPSA) is 55.8 Å². The summed E-state index contributed by atoms with van der Waals surface area (Å²) in [5.74, 6) is 4.88. The summed E-state index contributed by atoms with van der Waals surface area (Å²) in [7, 11) is 1.52. The quantitative estimate of drug-likeness (QED) is 0.248. The van der Waals surface area contributed by atoms with Crippen molar-refractivity contribution in [2.75, 3.05) is 20.3 Å². The standard InChI is InChI=1S/C21H37NO4/c1-5-7-9-10-11-12-13-14-15-16-18-25-20(23)19(3)22(4)21(24)26-17-8-6-2/h19H,5,7,9-18H2,1-4H3. The van der Waals surface area contributed by atoms with Crippen LogP contribution in [-0.4, -0.2) is 43.3 Å². The van der Waals surface area contributed by atoms with Gasteiger partial charge in [-0.2, -0.15) is 0 Å². The molecule has 0 rings (SSSR count). The Hall–Kier alpha value is -1.70. The van der Waals surface area contributed by atoms with Crippen LogP contribution in [0.15, 0.2) is 0 Å². The van der Waals surface area contributed by atoms with Crippen molar-refractivity contribution in [1.82, 2.24) is 4.90 Å². The van der Waals surface area contributed by atoms with Crippen LogP contribution >= 0.6 is 0 Å². The minimum atomic E-state index is -0.666. The van der Waals surface area contributed by atoms with Crippen molar-refractivity contribution in [3.8, 4) is 11.8 Å². The number of carbonyl (C=O) groups excluding carboxylic acids is 2. The molecule has 5 nitrogen and oxygen atoms in total. The molecule has 150 valence electrons. The van der Waals surface area contributed by atoms with Gasteiger partial charge >= 0.3 is 12.1 Å². The first-order chi connectivity index (χ1) is 12.5. The Balaban J connectivity index is 3.68. The number of likely N-dealkylation sites (N-methyl/N-ethyl adjacent to an activating group) is 1. The highest BCUT2D eigenvalue weighted by molar-refractivity contribution is 5.80. The van der Waals surface area contributed by atoms with Crippen LogP contribution in [0.1, 0.15) is 85.0 Å². The predicted octanol–water partition coefficient (Wildman–Crippen LogP) is 4.93. The lowest BCUT2D eigenvalue weighted by atomic mass is 10.1. The van der Waals surface area contributed by atoms with Gasteiger partial charge in [-0.25, -0.2) is 9.59 Å². The number of rotatable bonds is 14. The second kappa shape index (κ2) is 16.8. The van der Waals surface area contributed by atoms with Crippen LogP contribution in [-0.2, 0) is 14.3 Å². The van der Waals surface area contributed by atoms with E-state index in [1.165, 1.54) is 63.3 Å². The van der Waals surface area contributed by atoms with Gasteiger partial charge in [-0.3, -0.25) is 4.90 Å². The summed E-state index contributed by atoms with van der Waals surface area (Å²) in [5.41, 5.74) is 0. The first kappa shape index (κ1) is 24.3. The lowest BCUT2D eigenvalue weighted by molar-refractivity contribution is -0.148. The molecule has 0 saturated heterocycles. The lowest BCUT2D eigenvalue weighted by Gasteiger charge is -2.22. The molecule has 0 radical (unpaired) electrons. The molecular formula is C21H37NO4. The van der Waals surface area contributed by atoms with E-state index in [1.54, 1.807) is 13.8 Å². The van der Waals surface area contributed by atoms with E-state index in [0.29, 0.717) is 6.61 Å². The molecule has 0 aliphatic carbocycles. The summed E-state index contributed by atoms with van der Waals surface area (Å²) in [5, 5.41) is 0. The number of esters is 1. The van der Waals surface area contributed by atoms with E-state index in [1.807, 2.05) is 0 Å². The summed E-state index contributed by atoms with van der Waals surface area (Å²) in [4.78, 5) is 25.0. The van der Waals surface area contributed by atoms with Gasteiger partial charge in [0.2, 0.25) is 0 Å². The van der Waals surface area contributed by atoms with Gasteiger partial charge in [0.15, 0.2) is 6.61 Å². The highest BCUT2D eigenvalue weighted by Gasteiger charge is 2.24. The van der Waals surface area contributed by atoms with Crippen LogP contribution in [0, 0.1) is 11.8 Å². The van der Waals surface area contributed by atoms with Gasteiger partial charge < -0.3 is 9.47 Å². The van der Waals surface area contributed by atoms with Crippen LogP contribution < -0.4 is 0 Å². The van der Waals surface area contributed by atoms with E-state index in [9.17, 15) is 9.59 Å². The molecule has 0 spiro atoms. The molecule has 0 N–H and O–H groups in total. The third-order valence-electron chi connectivity index (χ3n) is 4.40. The second-order valence-corrected chi connectivity index (χ2v) is 6.62. The van der Waals surface area contributed by atoms with Crippen molar-refractivity contribution in [1.29, 1.82) is 0 Å². The molecule has 1 atom stereocenters. The number of ether oxygens (including phenoxy) is 2. The minimum absolute atomic E-state index is 0.0278. The summed E-state index contributed by atoms with van der Waals surface area (Å²) in [6, 6.07) is -0.666. The van der Waals surface area contributed by atoms with Gasteiger partial charge in [0, 0.05) is 7.05 Å². The molecule has 0 aromatic heterocycles. The van der Waals surface area contributed by atoms with E-state index in [4.69, 9.17) is 9.47 Å². The zero-order valence-corrected chi connectivity index (χ0v) is 17.1. The fourth-order valence-electron chi connectivity index (χ4n) is 2.47. The van der Waals surface area contributed by atoms with Gasteiger partial charge in [-0.05, 0) is 20.3 Å². The maximum Gasteiger partial charge on any atom is 0.411 e. The number of hydrogen-bond acceptors (Lipinski definition) is 4. The Morgan fingerprint density at radius 2 is 1.46 bits per heavy atom. The van der Waals surface area contributed by atoms with Crippen molar-refractivity contribution in [3.05, 3.63) is 0 Å². The van der Waals surface area contributed by atoms with Crippen LogP contribution in [0.5, 0.6) is 0 Å². The lowest BCUT2D eigenvalue weighted by Crippen LogP contribution is -2.41. The molecule has 0 heterocycles. The number of hydrogen-bond donors (Lipinski definition) is 0. The fraction of sp³-hybridized carbons (Fsp3) is 0.810. The average Bonchev–Trinajstić information content (AvgIpc) is 2.64. The molecule has 5 heteroatoms. The van der Waals surface area contributed by atoms with Gasteiger partial charge in [-0.1, -0.05) is 70.6 Å². The van der Waals surface area contributed by atoms with Crippen molar-refractivity contribution in [2.45, 2.75) is 91.0 Å². The monoisotopic (exact) mass is 367 g/mol. The number of unbranched alkanes of at least 4 members (excludes halogenated alkanes) is 9. The Morgan fingerprint density at radius 1 is 0.923 bits per heavy atom. The maximum atomic E-state index is 12.0. The van der Waals surface area contributed by atoms with E-state index < -0.39 is 18.1 Å². The van der Waals surface area contributed by atoms with E-state index in [2.05, 4.69) is 18.8 Å². The largest absolute Gasteiger partial charge is 0.464 e. The fourth-order valence-corrected chi connectivity index (χ4v) is 2.47. The number of carbonyl (C=O) groups is 2. The van der Waals surface area contributed by atoms with E-state index in [-0.39, 0.29) is 6.61 Å². The first-order valence-corrected chi connectivity index (χ1v) is 10.00. The summed E-state index contributed by atoms with van der Waals surface area (Å²) >= 11 is 0. The minimum Gasteiger partial charge on any atom is -0.464 e. The van der Waals surface area contributed by atoms with Gasteiger partial charge in [0.1, 0.15) is 6.04 Å². The van der Waals surface area contributed by atoms with Crippen molar-refractivity contribution in [3.63, 3.8) is 0 Å². The van der Waals surface area contributed by atoms with Crippen molar-refractivity contribution in [2.24, 2.45) is 0 Å². The van der Waals surface area contributed by atoms with Crippen LogP contribution in [0.3, 0.4) is 0 Å². The molecule has 0 bridgehead atoms. The van der Waals surface area contributed by atoms with Gasteiger partial charge in [0.25, 0.3) is 0 Å². The second-order valence-electron chi connectivity index (χ2n) is 6.62. The predicted molar refractivity (Wildman–Crippen MR) is 105 cm³/mol. The Labute approximate surface area is 159 Å². The molecule has 0 aliphatic rings. The molecule has 0 aromatic rings. The molecule has 0 aliphatic heterocycles. The van der Waals surface area contributed by atoms with Gasteiger partial charge in [0.05, 0.1) is 6.61 Å². The molecule has 0 saturated carbocycles. The molecular weight excluding hydrogens is 330 g/mol. The summed E-state index contributed by atoms with van der Waals surface area (Å²) in [6.45, 7) is 5.97. The van der Waals surface area contributed by atoms with Gasteiger partial charge in [-0.15, -0.1) is 5.92 Å². The molecule has 1 unspecified atom stereocenters. The van der Waals surface area contributed by atoms with E-state index in [0.717, 1.165) is 12.8 Å². The molecule has 26 heavy (non-hydrogen) atoms. The normalized spacial score (nSPS) is 11.2. The van der Waals surface area contributed by atoms with Crippen LogP contribution in [0.25, 0.3) is 0 Å². The zero-order chi connectivity index (χ0) is 19.6. The molecule has 1 amide bonds. The van der Waals surface area contributed by atoms with Crippen molar-refractivity contribution < 1.29 is 19.1 Å². The van der Waals surface area contributed by atoms with E-state index >= 15 is 0 Å². The third-order valence-corrected chi connectivity index (χ3v) is 4.40. The SMILES string of the molecule is CC#CCOC(=O)N(C)C(C)C(=O)OCCCCCCCCCCCC. The Morgan fingerprint density at radius 3 is 2.00 bits per heavy atom. The highest BCUT2D eigenvalue weighted by Crippen LogP contribution is 2.10. The molecule has 0 aromatic carbocycles. The van der Waals surface area contributed by atoms with Crippen LogP contribution in [0.4, 0.5) is 4.79 Å². The Bertz CT molecular complexity index is 439. The smallest absolute Gasteiger partial charge is 0.411 e. The molecule has 0 fully saturated rings. The van der Waals surface area contributed by atoms with Crippen LogP contribution in [0.2, 0.25) is 0 Å². The summed E-state index contributed by atoms with van der Waals surface area (Å²) in [6.07, 6.45) is 11.8. The number of nitrogens with zero attached hydrogens (tertiary/aromatic N) is 1. The Kier molecular flexibility index (Phi) is 15.7. The van der Waals surface area contributed by atoms with Crippen molar-refractivity contribution >= 4 is 12.1 Å². The zero-order valence-electron chi connectivity index (χ0n) is 17.1. The first-order valence-electron chi connectivity index (χ1n) is 10.00.